The van der Waals surface area contributed by atoms with Crippen LogP contribution in [0.5, 0.6) is 0 Å². The minimum absolute atomic E-state index is 0.298. The molecule has 3 rings (SSSR count). The highest BCUT2D eigenvalue weighted by molar-refractivity contribution is 5.31. The van der Waals surface area contributed by atoms with Crippen LogP contribution in [0.1, 0.15) is 49.8 Å². The zero-order chi connectivity index (χ0) is 14.1. The first-order valence-corrected chi connectivity index (χ1v) is 7.86. The zero-order valence-electron chi connectivity index (χ0n) is 12.6. The molecule has 1 aliphatic heterocycles. The summed E-state index contributed by atoms with van der Waals surface area (Å²) in [6, 6.07) is 9.82. The van der Waals surface area contributed by atoms with Crippen LogP contribution in [-0.4, -0.2) is 36.7 Å². The minimum atomic E-state index is 0.298. The molecule has 0 spiro atoms. The van der Waals surface area contributed by atoms with Crippen LogP contribution in [0, 0.1) is 0 Å². The summed E-state index contributed by atoms with van der Waals surface area (Å²) in [5.74, 6) is 0.800. The van der Waals surface area contributed by atoms with Crippen molar-refractivity contribution >= 4 is 0 Å². The van der Waals surface area contributed by atoms with E-state index >= 15 is 0 Å². The lowest BCUT2D eigenvalue weighted by atomic mass is 9.98. The molecule has 3 unspecified atom stereocenters. The molecule has 0 radical (unpaired) electrons. The quantitative estimate of drug-likeness (QED) is 0.917. The number of benzene rings is 1. The van der Waals surface area contributed by atoms with Gasteiger partial charge in [0.1, 0.15) is 0 Å². The molecule has 3 nitrogen and oxygen atoms in total. The predicted molar refractivity (Wildman–Crippen MR) is 81.8 cm³/mol. The number of ether oxygens (including phenoxy) is 1. The molecular formula is C17H26N2O. The topological polar surface area (TPSA) is 38.5 Å². The molecule has 110 valence electrons. The maximum absolute atomic E-state index is 6.10. The maximum atomic E-state index is 6.10. The zero-order valence-corrected chi connectivity index (χ0v) is 12.6. The van der Waals surface area contributed by atoms with Crippen LogP contribution in [0.25, 0.3) is 0 Å². The summed E-state index contributed by atoms with van der Waals surface area (Å²) < 4.78 is 5.74. The van der Waals surface area contributed by atoms with Crippen molar-refractivity contribution in [2.24, 2.45) is 5.73 Å². The highest BCUT2D eigenvalue weighted by Gasteiger charge is 2.30. The van der Waals surface area contributed by atoms with E-state index in [1.165, 1.54) is 24.0 Å². The monoisotopic (exact) mass is 274 g/mol. The van der Waals surface area contributed by atoms with Crippen LogP contribution in [0.4, 0.5) is 0 Å². The van der Waals surface area contributed by atoms with Gasteiger partial charge in [-0.1, -0.05) is 24.3 Å². The Bertz CT molecular complexity index is 458. The van der Waals surface area contributed by atoms with E-state index in [0.717, 1.165) is 19.1 Å². The third-order valence-electron chi connectivity index (χ3n) is 4.62. The second-order valence-electron chi connectivity index (χ2n) is 6.39. The summed E-state index contributed by atoms with van der Waals surface area (Å²) in [5.41, 5.74) is 8.97. The van der Waals surface area contributed by atoms with Crippen LogP contribution < -0.4 is 5.73 Å². The highest BCUT2D eigenvalue weighted by Crippen LogP contribution is 2.41. The molecule has 0 aromatic heterocycles. The molecule has 1 aliphatic carbocycles. The summed E-state index contributed by atoms with van der Waals surface area (Å²) in [7, 11) is 0. The van der Waals surface area contributed by atoms with Gasteiger partial charge < -0.3 is 10.5 Å². The van der Waals surface area contributed by atoms with Gasteiger partial charge in [-0.25, -0.2) is 0 Å². The normalized spacial score (nSPS) is 29.4. The summed E-state index contributed by atoms with van der Waals surface area (Å²) in [5, 5.41) is 0. The van der Waals surface area contributed by atoms with Crippen LogP contribution in [0.3, 0.4) is 0 Å². The Morgan fingerprint density at radius 2 is 2.15 bits per heavy atom. The fourth-order valence-corrected chi connectivity index (χ4v) is 3.26. The fourth-order valence-electron chi connectivity index (χ4n) is 3.26. The smallest absolute Gasteiger partial charge is 0.0675 e. The Balaban J connectivity index is 1.82. The number of nitrogens with zero attached hydrogens (tertiary/aromatic N) is 1. The standard InChI is InChI=1S/C17H26N2O/c1-12-11-20-13(2)10-19(12)17(9-18)16-5-3-4-15(8-16)14-6-7-14/h3-5,8,12-14,17H,6-7,9-11,18H2,1-2H3. The van der Waals surface area contributed by atoms with Crippen molar-refractivity contribution < 1.29 is 4.74 Å². The van der Waals surface area contributed by atoms with E-state index in [4.69, 9.17) is 10.5 Å². The lowest BCUT2D eigenvalue weighted by Crippen LogP contribution is -2.50. The molecule has 20 heavy (non-hydrogen) atoms. The van der Waals surface area contributed by atoms with Crippen LogP contribution in [0.15, 0.2) is 24.3 Å². The Labute approximate surface area is 122 Å². The van der Waals surface area contributed by atoms with E-state index in [9.17, 15) is 0 Å². The second kappa shape index (κ2) is 5.84. The molecule has 1 saturated heterocycles. The summed E-state index contributed by atoms with van der Waals surface area (Å²) in [6.07, 6.45) is 3.00. The maximum Gasteiger partial charge on any atom is 0.0675 e. The van der Waals surface area contributed by atoms with Gasteiger partial charge in [-0.15, -0.1) is 0 Å². The molecule has 2 fully saturated rings. The van der Waals surface area contributed by atoms with Gasteiger partial charge in [0.25, 0.3) is 0 Å². The van der Waals surface area contributed by atoms with E-state index in [1.54, 1.807) is 0 Å². The largest absolute Gasteiger partial charge is 0.376 e. The van der Waals surface area contributed by atoms with Gasteiger partial charge in [0.2, 0.25) is 0 Å². The van der Waals surface area contributed by atoms with Crippen LogP contribution >= 0.6 is 0 Å². The first kappa shape index (κ1) is 14.1. The average molecular weight is 274 g/mol. The van der Waals surface area contributed by atoms with Crippen LogP contribution in [-0.2, 0) is 4.74 Å². The molecule has 1 aromatic carbocycles. The molecule has 3 heteroatoms. The van der Waals surface area contributed by atoms with E-state index in [1.807, 2.05) is 0 Å². The predicted octanol–water partition coefficient (Wildman–Crippen LogP) is 2.67. The van der Waals surface area contributed by atoms with Gasteiger partial charge in [0, 0.05) is 25.2 Å². The first-order chi connectivity index (χ1) is 9.69. The molecule has 1 saturated carbocycles. The fraction of sp³-hybridized carbons (Fsp3) is 0.647. The lowest BCUT2D eigenvalue weighted by molar-refractivity contribution is -0.0653. The molecule has 3 atom stereocenters. The number of rotatable bonds is 4. The molecule has 1 heterocycles. The van der Waals surface area contributed by atoms with Crippen molar-refractivity contribution in [1.82, 2.24) is 4.90 Å². The Morgan fingerprint density at radius 3 is 2.85 bits per heavy atom. The van der Waals surface area contributed by atoms with E-state index in [2.05, 4.69) is 43.0 Å². The van der Waals surface area contributed by atoms with Crippen molar-refractivity contribution in [2.45, 2.75) is 50.8 Å². The van der Waals surface area contributed by atoms with Gasteiger partial charge in [0.05, 0.1) is 12.7 Å². The van der Waals surface area contributed by atoms with Crippen molar-refractivity contribution in [1.29, 1.82) is 0 Å². The van der Waals surface area contributed by atoms with Gasteiger partial charge >= 0.3 is 0 Å². The third kappa shape index (κ3) is 2.90. The summed E-state index contributed by atoms with van der Waals surface area (Å²) in [6.45, 7) is 6.83. The molecule has 2 N–H and O–H groups in total. The van der Waals surface area contributed by atoms with Crippen molar-refractivity contribution in [2.75, 3.05) is 19.7 Å². The summed E-state index contributed by atoms with van der Waals surface area (Å²) >= 11 is 0. The van der Waals surface area contributed by atoms with Crippen molar-refractivity contribution in [3.63, 3.8) is 0 Å². The first-order valence-electron chi connectivity index (χ1n) is 7.86. The lowest BCUT2D eigenvalue weighted by Gasteiger charge is -2.41. The third-order valence-corrected chi connectivity index (χ3v) is 4.62. The molecular weight excluding hydrogens is 248 g/mol. The SMILES string of the molecule is CC1CN(C(CN)c2cccc(C3CC3)c2)C(C)CO1. The highest BCUT2D eigenvalue weighted by atomic mass is 16.5. The number of hydrogen-bond acceptors (Lipinski definition) is 3. The van der Waals surface area contributed by atoms with Gasteiger partial charge in [-0.3, -0.25) is 4.90 Å². The second-order valence-corrected chi connectivity index (χ2v) is 6.39. The average Bonchev–Trinajstić information content (AvgIpc) is 3.28. The molecule has 0 amide bonds. The number of morpholine rings is 1. The Morgan fingerprint density at radius 1 is 1.35 bits per heavy atom. The Kier molecular flexibility index (Phi) is 4.11. The minimum Gasteiger partial charge on any atom is -0.376 e. The summed E-state index contributed by atoms with van der Waals surface area (Å²) in [4.78, 5) is 2.51. The molecule has 1 aromatic rings. The van der Waals surface area contributed by atoms with Gasteiger partial charge in [-0.2, -0.15) is 0 Å². The van der Waals surface area contributed by atoms with Crippen LogP contribution in [0.2, 0.25) is 0 Å². The van der Waals surface area contributed by atoms with E-state index in [-0.39, 0.29) is 0 Å². The van der Waals surface area contributed by atoms with E-state index in [0.29, 0.717) is 24.7 Å². The number of hydrogen-bond donors (Lipinski definition) is 1. The molecule has 0 bridgehead atoms. The van der Waals surface area contributed by atoms with Crippen molar-refractivity contribution in [3.8, 4) is 0 Å². The van der Waals surface area contributed by atoms with Crippen molar-refractivity contribution in [3.05, 3.63) is 35.4 Å². The number of nitrogens with two attached hydrogens (primary N) is 1. The Hall–Kier alpha value is -0.900. The van der Waals surface area contributed by atoms with E-state index < -0.39 is 0 Å². The van der Waals surface area contributed by atoms with Gasteiger partial charge in [0.15, 0.2) is 0 Å². The molecule has 2 aliphatic rings. The van der Waals surface area contributed by atoms with Gasteiger partial charge in [-0.05, 0) is 43.7 Å².